The molecule has 3 aliphatic rings. The van der Waals surface area contributed by atoms with E-state index in [9.17, 15) is 14.3 Å². The number of halogens is 2. The fraction of sp³-hybridized carbons (Fsp3) is 0.364. The highest BCUT2D eigenvalue weighted by atomic mass is 35.5. The SMILES string of the molecule is O=C(O)c1ccc2nc(CN3CC=C(c4ccc5c(n4)N(Cc4ccc(Cl)cc4F)CCCO5)CC3)n(CC3CCO3)c2c1. The summed E-state index contributed by atoms with van der Waals surface area (Å²) in [5.41, 5.74) is 4.48. The van der Waals surface area contributed by atoms with Crippen LogP contribution in [0.15, 0.2) is 54.6 Å². The molecule has 1 atom stereocenters. The molecule has 5 heterocycles. The van der Waals surface area contributed by atoms with Crippen molar-refractivity contribution in [3.05, 3.63) is 88.1 Å². The van der Waals surface area contributed by atoms with E-state index in [2.05, 4.69) is 20.4 Å². The highest BCUT2D eigenvalue weighted by Crippen LogP contribution is 2.34. The molecule has 0 saturated carbocycles. The van der Waals surface area contributed by atoms with E-state index in [0.717, 1.165) is 72.9 Å². The molecule has 0 spiro atoms. The summed E-state index contributed by atoms with van der Waals surface area (Å²) in [5, 5.41) is 9.91. The van der Waals surface area contributed by atoms with E-state index in [4.69, 9.17) is 31.0 Å². The van der Waals surface area contributed by atoms with Crippen molar-refractivity contribution < 1.29 is 23.8 Å². The molecular weight excluding hydrogens is 585 g/mol. The molecule has 0 bridgehead atoms. The Morgan fingerprint density at radius 1 is 1.07 bits per heavy atom. The van der Waals surface area contributed by atoms with Crippen LogP contribution in [0.5, 0.6) is 5.75 Å². The standard InChI is InChI=1S/C33H33ClFN5O4/c34-24-4-2-23(26(35)17-24)18-39-11-1-14-44-30-7-6-27(37-32(30)39)21-8-12-38(13-9-21)20-31-36-28-5-3-22(33(41)42)16-29(28)40(31)19-25-10-15-43-25/h2-8,16-17,25H,1,9-15,18-20H2,(H,41,42). The second-order valence-electron chi connectivity index (χ2n) is 11.5. The van der Waals surface area contributed by atoms with Crippen LogP contribution in [-0.4, -0.2) is 69.5 Å². The summed E-state index contributed by atoms with van der Waals surface area (Å²) in [6, 6.07) is 13.9. The first-order valence-electron chi connectivity index (χ1n) is 15.0. The van der Waals surface area contributed by atoms with Gasteiger partial charge in [0.2, 0.25) is 0 Å². The Kier molecular flexibility index (Phi) is 7.97. The van der Waals surface area contributed by atoms with E-state index in [1.54, 1.807) is 30.3 Å². The van der Waals surface area contributed by atoms with Crippen molar-refractivity contribution in [2.24, 2.45) is 0 Å². The van der Waals surface area contributed by atoms with Crippen LogP contribution >= 0.6 is 11.6 Å². The summed E-state index contributed by atoms with van der Waals surface area (Å²) in [7, 11) is 0. The highest BCUT2D eigenvalue weighted by Gasteiger charge is 2.25. The van der Waals surface area contributed by atoms with Crippen molar-refractivity contribution in [3.63, 3.8) is 0 Å². The first kappa shape index (κ1) is 28.8. The van der Waals surface area contributed by atoms with E-state index in [0.29, 0.717) is 49.1 Å². The van der Waals surface area contributed by atoms with Gasteiger partial charge >= 0.3 is 5.97 Å². The van der Waals surface area contributed by atoms with E-state index in [1.165, 1.54) is 6.07 Å². The number of aromatic carboxylic acids is 1. The number of nitrogens with zero attached hydrogens (tertiary/aromatic N) is 5. The molecule has 0 aliphatic carbocycles. The van der Waals surface area contributed by atoms with Crippen LogP contribution < -0.4 is 9.64 Å². The molecule has 1 saturated heterocycles. The summed E-state index contributed by atoms with van der Waals surface area (Å²) >= 11 is 5.97. The van der Waals surface area contributed by atoms with E-state index >= 15 is 0 Å². The average molecular weight is 618 g/mol. The number of anilines is 1. The van der Waals surface area contributed by atoms with Crippen molar-refractivity contribution in [3.8, 4) is 5.75 Å². The van der Waals surface area contributed by atoms with Gasteiger partial charge in [0.15, 0.2) is 11.6 Å². The lowest BCUT2D eigenvalue weighted by Crippen LogP contribution is -2.33. The van der Waals surface area contributed by atoms with Crippen LogP contribution in [0.1, 0.15) is 46.7 Å². The van der Waals surface area contributed by atoms with Gasteiger partial charge in [-0.25, -0.2) is 19.2 Å². The quantitative estimate of drug-likeness (QED) is 0.266. The summed E-state index contributed by atoms with van der Waals surface area (Å²) < 4.78 is 28.5. The molecule has 1 fully saturated rings. The lowest BCUT2D eigenvalue weighted by molar-refractivity contribution is -0.0591. The van der Waals surface area contributed by atoms with Crippen LogP contribution in [0, 0.1) is 5.82 Å². The smallest absolute Gasteiger partial charge is 0.335 e. The Hall–Kier alpha value is -3.99. The van der Waals surface area contributed by atoms with E-state index in [-0.39, 0.29) is 17.5 Å². The number of hydrogen-bond acceptors (Lipinski definition) is 7. The Balaban J connectivity index is 1.10. The van der Waals surface area contributed by atoms with Gasteiger partial charge in [-0.05, 0) is 67.3 Å². The third kappa shape index (κ3) is 5.89. The molecule has 2 aromatic heterocycles. The molecule has 9 nitrogen and oxygen atoms in total. The van der Waals surface area contributed by atoms with Gasteiger partial charge in [-0.3, -0.25) is 4.90 Å². The fourth-order valence-corrected chi connectivity index (χ4v) is 6.22. The summed E-state index contributed by atoms with van der Waals surface area (Å²) in [4.78, 5) is 26.0. The minimum atomic E-state index is -0.951. The zero-order valence-corrected chi connectivity index (χ0v) is 25.0. The van der Waals surface area contributed by atoms with Crippen LogP contribution in [0.2, 0.25) is 5.02 Å². The topological polar surface area (TPSA) is 93.0 Å². The van der Waals surface area contributed by atoms with Gasteiger partial charge in [0.25, 0.3) is 0 Å². The predicted molar refractivity (Wildman–Crippen MR) is 166 cm³/mol. The zero-order chi connectivity index (χ0) is 30.2. The van der Waals surface area contributed by atoms with Gasteiger partial charge < -0.3 is 24.0 Å². The zero-order valence-electron chi connectivity index (χ0n) is 24.2. The first-order chi connectivity index (χ1) is 21.4. The van der Waals surface area contributed by atoms with Crippen molar-refractivity contribution >= 4 is 40.0 Å². The summed E-state index contributed by atoms with van der Waals surface area (Å²) in [5.74, 6) is 1.06. The van der Waals surface area contributed by atoms with Gasteiger partial charge in [0.1, 0.15) is 11.6 Å². The second-order valence-corrected chi connectivity index (χ2v) is 12.0. The molecule has 7 rings (SSSR count). The van der Waals surface area contributed by atoms with E-state index < -0.39 is 5.97 Å². The maximum atomic E-state index is 14.7. The first-order valence-corrected chi connectivity index (χ1v) is 15.4. The number of hydrogen-bond donors (Lipinski definition) is 1. The number of aromatic nitrogens is 3. The van der Waals surface area contributed by atoms with Gasteiger partial charge in [-0.15, -0.1) is 0 Å². The van der Waals surface area contributed by atoms with Crippen molar-refractivity contribution in [1.29, 1.82) is 0 Å². The number of benzene rings is 2. The Labute approximate surface area is 259 Å². The summed E-state index contributed by atoms with van der Waals surface area (Å²) in [6.07, 6.45) is 4.94. The van der Waals surface area contributed by atoms with Crippen molar-refractivity contribution in [2.75, 3.05) is 37.7 Å². The molecule has 4 aromatic rings. The van der Waals surface area contributed by atoms with Crippen LogP contribution in [0.3, 0.4) is 0 Å². The lowest BCUT2D eigenvalue weighted by atomic mass is 10.0. The molecule has 3 aliphatic heterocycles. The molecular formula is C33H33ClFN5O4. The molecule has 2 aromatic carbocycles. The van der Waals surface area contributed by atoms with Crippen molar-refractivity contribution in [2.45, 2.75) is 45.0 Å². The normalized spacial score (nSPS) is 18.7. The van der Waals surface area contributed by atoms with Gasteiger partial charge in [0.05, 0.1) is 48.1 Å². The minimum absolute atomic E-state index is 0.117. The highest BCUT2D eigenvalue weighted by molar-refractivity contribution is 6.30. The van der Waals surface area contributed by atoms with Crippen LogP contribution in [0.4, 0.5) is 10.2 Å². The van der Waals surface area contributed by atoms with Crippen molar-refractivity contribution in [1.82, 2.24) is 19.4 Å². The number of ether oxygens (including phenoxy) is 2. The number of imidazole rings is 1. The predicted octanol–water partition coefficient (Wildman–Crippen LogP) is 5.79. The molecule has 0 radical (unpaired) electrons. The molecule has 0 amide bonds. The molecule has 1 N–H and O–H groups in total. The Morgan fingerprint density at radius 3 is 2.70 bits per heavy atom. The molecule has 1 unspecified atom stereocenters. The fourth-order valence-electron chi connectivity index (χ4n) is 6.06. The van der Waals surface area contributed by atoms with E-state index in [1.807, 2.05) is 12.1 Å². The Bertz CT molecular complexity index is 1750. The number of fused-ring (bicyclic) bond motifs is 2. The maximum Gasteiger partial charge on any atom is 0.335 e. The number of carboxylic acid groups (broad SMARTS) is 1. The van der Waals surface area contributed by atoms with Crippen LogP contribution in [0.25, 0.3) is 16.6 Å². The monoisotopic (exact) mass is 617 g/mol. The Morgan fingerprint density at radius 2 is 1.95 bits per heavy atom. The van der Waals surface area contributed by atoms with Gasteiger partial charge in [0, 0.05) is 43.4 Å². The van der Waals surface area contributed by atoms with Crippen LogP contribution in [-0.2, 0) is 24.4 Å². The van der Waals surface area contributed by atoms with Gasteiger partial charge in [-0.1, -0.05) is 23.7 Å². The lowest BCUT2D eigenvalue weighted by Gasteiger charge is -2.29. The summed E-state index contributed by atoms with van der Waals surface area (Å²) in [6.45, 7) is 5.27. The van der Waals surface area contributed by atoms with Gasteiger partial charge in [-0.2, -0.15) is 0 Å². The average Bonchev–Trinajstić information content (AvgIpc) is 3.20. The number of pyridine rings is 1. The number of carbonyl (C=O) groups is 1. The third-order valence-corrected chi connectivity index (χ3v) is 8.82. The third-order valence-electron chi connectivity index (χ3n) is 8.59. The maximum absolute atomic E-state index is 14.7. The number of carboxylic acids is 1. The minimum Gasteiger partial charge on any atom is -0.490 e. The largest absolute Gasteiger partial charge is 0.490 e. The second kappa shape index (κ2) is 12.2. The molecule has 44 heavy (non-hydrogen) atoms. The number of rotatable bonds is 8. The molecule has 228 valence electrons. The molecule has 11 heteroatoms.